The minimum absolute atomic E-state index is 0.0129. The Morgan fingerprint density at radius 1 is 0.613 bits per heavy atom. The van der Waals surface area contributed by atoms with Gasteiger partial charge in [0, 0.05) is 63.8 Å². The van der Waals surface area contributed by atoms with E-state index in [2.05, 4.69) is 189 Å². The molecule has 3 nitrogen and oxygen atoms in total. The van der Waals surface area contributed by atoms with E-state index in [1.54, 1.807) is 5.56 Å². The minimum Gasteiger partial charge on any atom is -0.335 e. The Hall–Kier alpha value is -5.82. The van der Waals surface area contributed by atoms with Crippen LogP contribution in [-0.4, -0.2) is 16.8 Å². The fourth-order valence-corrected chi connectivity index (χ4v) is 15.1. The molecule has 10 aromatic rings. The first-order valence-corrected chi connectivity index (χ1v) is 24.1. The highest BCUT2D eigenvalue weighted by atomic mass is 32.1. The van der Waals surface area contributed by atoms with Crippen LogP contribution in [0.1, 0.15) is 71.4 Å². The molecule has 0 bridgehead atoms. The average Bonchev–Trinajstić information content (AvgIpc) is 4.00. The molecule has 1 fully saturated rings. The number of hydrogen-bond acceptors (Lipinski definition) is 4. The van der Waals surface area contributed by atoms with Crippen LogP contribution in [0.25, 0.3) is 57.1 Å². The van der Waals surface area contributed by atoms with E-state index in [0.717, 1.165) is 0 Å². The van der Waals surface area contributed by atoms with Gasteiger partial charge in [0.2, 0.25) is 0 Å². The lowest BCUT2D eigenvalue weighted by Gasteiger charge is -2.52. The summed E-state index contributed by atoms with van der Waals surface area (Å²) in [5.41, 5.74) is 17.7. The first kappa shape index (κ1) is 35.7. The van der Waals surface area contributed by atoms with E-state index >= 15 is 0 Å². The topological polar surface area (TPSA) is 11.4 Å². The van der Waals surface area contributed by atoms with Crippen LogP contribution in [-0.2, 0) is 10.8 Å². The van der Waals surface area contributed by atoms with Crippen LogP contribution < -0.4 is 26.2 Å². The molecular formula is C56H46BN3S2. The first-order chi connectivity index (χ1) is 30.1. The van der Waals surface area contributed by atoms with Crippen molar-refractivity contribution in [2.24, 2.45) is 0 Å². The minimum atomic E-state index is -0.0772. The van der Waals surface area contributed by atoms with E-state index in [1.807, 2.05) is 22.7 Å². The summed E-state index contributed by atoms with van der Waals surface area (Å²) in [6.45, 7) is 12.5. The molecule has 0 N–H and O–H groups in total. The lowest BCUT2D eigenvalue weighted by Crippen LogP contribution is -2.64. The number of rotatable bonds is 3. The number of thiophene rings is 2. The molecule has 1 aliphatic carbocycles. The smallest absolute Gasteiger partial charge is 0.252 e. The van der Waals surface area contributed by atoms with Crippen molar-refractivity contribution >= 4 is 126 Å². The summed E-state index contributed by atoms with van der Waals surface area (Å²) in [7, 11) is 0. The Morgan fingerprint density at radius 3 is 2.15 bits per heavy atom. The third kappa shape index (κ3) is 4.33. The Bertz CT molecular complexity index is 3590. The number of fused-ring (bicyclic) bond motifs is 15. The highest BCUT2D eigenvalue weighted by molar-refractivity contribution is 7.27. The number of hydrogen-bond donors (Lipinski definition) is 0. The highest BCUT2D eigenvalue weighted by Gasteiger charge is 2.61. The number of para-hydroxylation sites is 2. The quantitative estimate of drug-likeness (QED) is 0.164. The molecule has 300 valence electrons. The molecule has 0 spiro atoms. The van der Waals surface area contributed by atoms with Crippen LogP contribution in [0.2, 0.25) is 0 Å². The van der Waals surface area contributed by atoms with E-state index in [1.165, 1.54) is 133 Å². The maximum absolute atomic E-state index is 2.89. The molecule has 2 atom stereocenters. The zero-order chi connectivity index (χ0) is 41.4. The van der Waals surface area contributed by atoms with E-state index in [4.69, 9.17) is 0 Å². The SMILES string of the molecule is CC(C)(C)c1cc2c3c(c1)c1sc4ccccc4c1n3-c1cc(N(c3ccccc3)c3cccc4sc5ccccc5c34)cc3c1B2c1cccc2c1N3C1(C)CCCCC21C. The molecule has 3 aromatic heterocycles. The zero-order valence-corrected chi connectivity index (χ0v) is 37.5. The van der Waals surface area contributed by atoms with Crippen molar-refractivity contribution in [1.82, 2.24) is 4.57 Å². The van der Waals surface area contributed by atoms with E-state index in [-0.39, 0.29) is 23.1 Å². The lowest BCUT2D eigenvalue weighted by molar-refractivity contribution is 0.195. The molecule has 1 saturated carbocycles. The predicted octanol–water partition coefficient (Wildman–Crippen LogP) is 14.0. The number of anilines is 5. The highest BCUT2D eigenvalue weighted by Crippen LogP contribution is 2.62. The van der Waals surface area contributed by atoms with Crippen molar-refractivity contribution < 1.29 is 0 Å². The standard InChI is InChI=1S/C56H46BN3S2/c1-54(2,3)33-29-38-50-41(30-33)57-40-22-15-21-39-52(40)60(56(5)28-14-13-27-55(39,56)4)44-32-35(31-43(49(44)57)59(50)51-37-20-10-12-25-46(37)62-53(38)51)58(34-17-7-6-8-18-34)42-23-16-26-47-48(42)36-19-9-11-24-45(36)61-47/h6-12,15-26,29-32H,13-14,27-28H2,1-5H3. The molecule has 2 unspecified atom stereocenters. The summed E-state index contributed by atoms with van der Waals surface area (Å²) in [6.07, 6.45) is 4.89. The van der Waals surface area contributed by atoms with Crippen molar-refractivity contribution in [3.8, 4) is 5.69 Å². The normalized spacial score (nSPS) is 19.8. The van der Waals surface area contributed by atoms with Crippen molar-refractivity contribution in [1.29, 1.82) is 0 Å². The third-order valence-electron chi connectivity index (χ3n) is 15.8. The van der Waals surface area contributed by atoms with Crippen LogP contribution in [0, 0.1) is 0 Å². The van der Waals surface area contributed by atoms with Gasteiger partial charge in [-0.15, -0.1) is 22.7 Å². The summed E-state index contributed by atoms with van der Waals surface area (Å²) in [5, 5.41) is 5.36. The number of aromatic nitrogens is 1. The third-order valence-corrected chi connectivity index (χ3v) is 18.2. The molecule has 4 aliphatic rings. The van der Waals surface area contributed by atoms with Gasteiger partial charge in [-0.05, 0) is 107 Å². The molecule has 3 aliphatic heterocycles. The van der Waals surface area contributed by atoms with Gasteiger partial charge < -0.3 is 14.4 Å². The largest absolute Gasteiger partial charge is 0.335 e. The fourth-order valence-electron chi connectivity index (χ4n) is 12.7. The van der Waals surface area contributed by atoms with E-state index in [0.29, 0.717) is 0 Å². The van der Waals surface area contributed by atoms with Gasteiger partial charge in [-0.3, -0.25) is 0 Å². The van der Waals surface area contributed by atoms with Crippen LogP contribution in [0.4, 0.5) is 28.4 Å². The van der Waals surface area contributed by atoms with Gasteiger partial charge in [0.25, 0.3) is 6.71 Å². The molecule has 0 radical (unpaired) electrons. The number of benzene rings is 7. The van der Waals surface area contributed by atoms with Crippen LogP contribution in [0.5, 0.6) is 0 Å². The van der Waals surface area contributed by atoms with Gasteiger partial charge in [0.15, 0.2) is 0 Å². The maximum atomic E-state index is 2.89. The summed E-state index contributed by atoms with van der Waals surface area (Å²) < 4.78 is 8.10. The van der Waals surface area contributed by atoms with Crippen LogP contribution >= 0.6 is 22.7 Å². The van der Waals surface area contributed by atoms with E-state index in [9.17, 15) is 0 Å². The van der Waals surface area contributed by atoms with Crippen LogP contribution in [0.3, 0.4) is 0 Å². The fraction of sp³-hybridized carbons (Fsp3) is 0.214. The summed E-state index contributed by atoms with van der Waals surface area (Å²) in [5.74, 6) is 0. The van der Waals surface area contributed by atoms with Gasteiger partial charge in [-0.1, -0.05) is 125 Å². The van der Waals surface area contributed by atoms with Crippen molar-refractivity contribution in [2.75, 3.05) is 9.80 Å². The first-order valence-electron chi connectivity index (χ1n) is 22.5. The number of nitrogens with zero attached hydrogens (tertiary/aromatic N) is 3. The average molecular weight is 836 g/mol. The maximum Gasteiger partial charge on any atom is 0.252 e. The second-order valence-electron chi connectivity index (χ2n) is 20.0. The summed E-state index contributed by atoms with van der Waals surface area (Å²) in [6, 6.07) is 53.8. The van der Waals surface area contributed by atoms with Crippen molar-refractivity contribution in [2.45, 2.75) is 76.7 Å². The molecular weight excluding hydrogens is 790 g/mol. The molecule has 6 heterocycles. The van der Waals surface area contributed by atoms with E-state index < -0.39 is 0 Å². The molecule has 0 saturated heterocycles. The second kappa shape index (κ2) is 12.0. The van der Waals surface area contributed by atoms with Gasteiger partial charge in [0.1, 0.15) is 0 Å². The van der Waals surface area contributed by atoms with Crippen molar-refractivity contribution in [3.63, 3.8) is 0 Å². The Morgan fingerprint density at radius 2 is 1.32 bits per heavy atom. The zero-order valence-electron chi connectivity index (χ0n) is 35.8. The summed E-state index contributed by atoms with van der Waals surface area (Å²) in [4.78, 5) is 5.47. The Labute approximate surface area is 370 Å². The van der Waals surface area contributed by atoms with Gasteiger partial charge >= 0.3 is 0 Å². The molecule has 62 heavy (non-hydrogen) atoms. The second-order valence-corrected chi connectivity index (χ2v) is 22.1. The molecule has 6 heteroatoms. The van der Waals surface area contributed by atoms with Gasteiger partial charge in [-0.2, -0.15) is 0 Å². The predicted molar refractivity (Wildman–Crippen MR) is 270 cm³/mol. The molecule has 7 aromatic carbocycles. The Balaban J connectivity index is 1.18. The molecule has 0 amide bonds. The molecule has 14 rings (SSSR count). The Kier molecular flexibility index (Phi) is 6.92. The van der Waals surface area contributed by atoms with Crippen molar-refractivity contribution in [3.05, 3.63) is 151 Å². The summed E-state index contributed by atoms with van der Waals surface area (Å²) >= 11 is 3.86. The van der Waals surface area contributed by atoms with Crippen LogP contribution in [0.15, 0.2) is 140 Å². The monoisotopic (exact) mass is 835 g/mol. The van der Waals surface area contributed by atoms with Gasteiger partial charge in [0.05, 0.1) is 32.6 Å². The lowest BCUT2D eigenvalue weighted by atomic mass is 9.33. The van der Waals surface area contributed by atoms with Gasteiger partial charge in [-0.25, -0.2) is 0 Å².